The minimum absolute atomic E-state index is 0.0479. The van der Waals surface area contributed by atoms with E-state index in [1.807, 2.05) is 0 Å². The lowest BCUT2D eigenvalue weighted by Crippen LogP contribution is -2.31. The van der Waals surface area contributed by atoms with E-state index >= 15 is 0 Å². The molecule has 1 saturated heterocycles. The highest BCUT2D eigenvalue weighted by Gasteiger charge is 2.27. The predicted molar refractivity (Wildman–Crippen MR) is 70.9 cm³/mol. The molecule has 1 atom stereocenters. The Kier molecular flexibility index (Phi) is 5.00. The Hall–Kier alpha value is -1.83. The number of rotatable bonds is 5. The van der Waals surface area contributed by atoms with Gasteiger partial charge in [0.1, 0.15) is 0 Å². The predicted octanol–water partition coefficient (Wildman–Crippen LogP) is -0.401. The Morgan fingerprint density at radius 2 is 1.95 bits per heavy atom. The van der Waals surface area contributed by atoms with E-state index < -0.39 is 29.9 Å². The van der Waals surface area contributed by atoms with Crippen molar-refractivity contribution >= 4 is 17.5 Å². The zero-order valence-corrected chi connectivity index (χ0v) is 11.6. The Morgan fingerprint density at radius 1 is 1.33 bits per heavy atom. The molecule has 1 aliphatic carbocycles. The number of aliphatic hydroxyl groups is 1. The van der Waals surface area contributed by atoms with E-state index in [0.717, 1.165) is 12.2 Å². The maximum absolute atomic E-state index is 11.9. The van der Waals surface area contributed by atoms with Gasteiger partial charge in [-0.2, -0.15) is 0 Å². The molecular weight excluding hydrogens is 278 g/mol. The number of carbonyl (C=O) groups excluding carboxylic acids is 3. The average Bonchev–Trinajstić information content (AvgIpc) is 2.90. The van der Waals surface area contributed by atoms with E-state index in [1.165, 1.54) is 6.92 Å². The second kappa shape index (κ2) is 6.75. The quantitative estimate of drug-likeness (QED) is 0.669. The van der Waals surface area contributed by atoms with Gasteiger partial charge in [-0.05, 0) is 12.2 Å². The van der Waals surface area contributed by atoms with E-state index in [-0.39, 0.29) is 24.1 Å². The van der Waals surface area contributed by atoms with Gasteiger partial charge in [-0.15, -0.1) is 0 Å². The molecule has 0 bridgehead atoms. The SMILES string of the molecule is CC(=O)NC1=C(CC(O)CC2OCCO2)C(=O)C=CC1=O. The topological polar surface area (TPSA) is 102 Å². The lowest BCUT2D eigenvalue weighted by atomic mass is 9.94. The fourth-order valence-electron chi connectivity index (χ4n) is 2.21. The van der Waals surface area contributed by atoms with Gasteiger partial charge in [0.15, 0.2) is 12.1 Å². The van der Waals surface area contributed by atoms with E-state index in [0.29, 0.717) is 13.2 Å². The first kappa shape index (κ1) is 15.6. The molecule has 0 radical (unpaired) electrons. The number of amides is 1. The maximum atomic E-state index is 11.9. The van der Waals surface area contributed by atoms with Gasteiger partial charge in [0.25, 0.3) is 0 Å². The molecule has 0 aromatic heterocycles. The van der Waals surface area contributed by atoms with Crippen LogP contribution in [-0.2, 0) is 23.9 Å². The smallest absolute Gasteiger partial charge is 0.221 e. The Bertz CT molecular complexity index is 516. The molecule has 2 N–H and O–H groups in total. The summed E-state index contributed by atoms with van der Waals surface area (Å²) in [4.78, 5) is 34.8. The van der Waals surface area contributed by atoms with Gasteiger partial charge in [0.2, 0.25) is 11.7 Å². The first-order chi connectivity index (χ1) is 9.97. The molecule has 0 aromatic carbocycles. The van der Waals surface area contributed by atoms with Gasteiger partial charge in [-0.3, -0.25) is 14.4 Å². The summed E-state index contributed by atoms with van der Waals surface area (Å²) >= 11 is 0. The molecule has 1 aliphatic heterocycles. The third kappa shape index (κ3) is 4.07. The van der Waals surface area contributed by atoms with Crippen molar-refractivity contribution in [1.82, 2.24) is 5.32 Å². The fourth-order valence-corrected chi connectivity index (χ4v) is 2.21. The lowest BCUT2D eigenvalue weighted by Gasteiger charge is -2.19. The van der Waals surface area contributed by atoms with Crippen LogP contribution in [0.25, 0.3) is 0 Å². The normalized spacial score (nSPS) is 21.0. The summed E-state index contributed by atoms with van der Waals surface area (Å²) in [5.74, 6) is -1.30. The van der Waals surface area contributed by atoms with Gasteiger partial charge in [-0.25, -0.2) is 0 Å². The van der Waals surface area contributed by atoms with Crippen LogP contribution in [0, 0.1) is 0 Å². The van der Waals surface area contributed by atoms with E-state index in [4.69, 9.17) is 9.47 Å². The van der Waals surface area contributed by atoms with Crippen molar-refractivity contribution in [3.63, 3.8) is 0 Å². The standard InChI is InChI=1S/C14H17NO6/c1-8(16)15-14-10(11(18)2-3-12(14)19)6-9(17)7-13-20-4-5-21-13/h2-3,9,13,17H,4-7H2,1H3,(H,15,16). The number of ether oxygens (including phenoxy) is 2. The van der Waals surface area contributed by atoms with Crippen molar-refractivity contribution in [3.8, 4) is 0 Å². The average molecular weight is 295 g/mol. The number of allylic oxidation sites excluding steroid dienone is 2. The molecule has 0 aromatic rings. The van der Waals surface area contributed by atoms with Gasteiger partial charge in [0, 0.05) is 25.3 Å². The molecule has 0 saturated carbocycles. The number of hydrogen-bond donors (Lipinski definition) is 2. The Morgan fingerprint density at radius 3 is 2.57 bits per heavy atom. The number of hydrogen-bond acceptors (Lipinski definition) is 6. The summed E-state index contributed by atoms with van der Waals surface area (Å²) < 4.78 is 10.4. The molecule has 2 rings (SSSR count). The van der Waals surface area contributed by atoms with E-state index in [2.05, 4.69) is 5.32 Å². The van der Waals surface area contributed by atoms with Crippen LogP contribution in [0.15, 0.2) is 23.4 Å². The number of ketones is 2. The molecule has 1 heterocycles. The monoisotopic (exact) mass is 295 g/mol. The molecule has 114 valence electrons. The van der Waals surface area contributed by atoms with Gasteiger partial charge < -0.3 is 19.9 Å². The van der Waals surface area contributed by atoms with Crippen LogP contribution < -0.4 is 5.32 Å². The van der Waals surface area contributed by atoms with Crippen LogP contribution in [0.2, 0.25) is 0 Å². The van der Waals surface area contributed by atoms with Gasteiger partial charge in [-0.1, -0.05) is 0 Å². The minimum Gasteiger partial charge on any atom is -0.393 e. The van der Waals surface area contributed by atoms with Crippen molar-refractivity contribution in [1.29, 1.82) is 0 Å². The van der Waals surface area contributed by atoms with Crippen molar-refractivity contribution in [2.75, 3.05) is 13.2 Å². The fraction of sp³-hybridized carbons (Fsp3) is 0.500. The molecular formula is C14H17NO6. The lowest BCUT2D eigenvalue weighted by molar-refractivity contribution is -0.120. The summed E-state index contributed by atoms with van der Waals surface area (Å²) in [6, 6.07) is 0. The van der Waals surface area contributed by atoms with E-state index in [9.17, 15) is 19.5 Å². The first-order valence-electron chi connectivity index (χ1n) is 6.66. The van der Waals surface area contributed by atoms with Crippen molar-refractivity contribution in [2.45, 2.75) is 32.2 Å². The third-order valence-electron chi connectivity index (χ3n) is 3.13. The highest BCUT2D eigenvalue weighted by atomic mass is 16.7. The van der Waals surface area contributed by atoms with Crippen molar-refractivity contribution in [2.24, 2.45) is 0 Å². The van der Waals surface area contributed by atoms with Gasteiger partial charge in [0.05, 0.1) is 25.0 Å². The first-order valence-corrected chi connectivity index (χ1v) is 6.66. The summed E-state index contributed by atoms with van der Waals surface area (Å²) in [7, 11) is 0. The van der Waals surface area contributed by atoms with Crippen LogP contribution >= 0.6 is 0 Å². The van der Waals surface area contributed by atoms with E-state index in [1.54, 1.807) is 0 Å². The Balaban J connectivity index is 2.09. The number of aliphatic hydroxyl groups excluding tert-OH is 1. The zero-order chi connectivity index (χ0) is 15.4. The van der Waals surface area contributed by atoms with Crippen molar-refractivity contribution < 1.29 is 29.0 Å². The summed E-state index contributed by atoms with van der Waals surface area (Å²) in [5.41, 5.74) is 0.0329. The van der Waals surface area contributed by atoms with Crippen LogP contribution in [0.5, 0.6) is 0 Å². The number of carbonyl (C=O) groups is 3. The highest BCUT2D eigenvalue weighted by molar-refractivity contribution is 6.20. The van der Waals surface area contributed by atoms with Crippen molar-refractivity contribution in [3.05, 3.63) is 23.4 Å². The van der Waals surface area contributed by atoms with Crippen LogP contribution in [0.4, 0.5) is 0 Å². The molecule has 1 unspecified atom stereocenters. The number of nitrogens with one attached hydrogen (secondary N) is 1. The molecule has 1 amide bonds. The zero-order valence-electron chi connectivity index (χ0n) is 11.6. The van der Waals surface area contributed by atoms with Gasteiger partial charge >= 0.3 is 0 Å². The molecule has 0 spiro atoms. The molecule has 21 heavy (non-hydrogen) atoms. The summed E-state index contributed by atoms with van der Waals surface area (Å²) in [6.45, 7) is 2.19. The summed E-state index contributed by atoms with van der Waals surface area (Å²) in [6.07, 6.45) is 0.977. The maximum Gasteiger partial charge on any atom is 0.221 e. The second-order valence-corrected chi connectivity index (χ2v) is 4.86. The van der Waals surface area contributed by atoms with Crippen LogP contribution in [0.3, 0.4) is 0 Å². The molecule has 7 nitrogen and oxygen atoms in total. The Labute approximate surface area is 121 Å². The minimum atomic E-state index is -0.907. The summed E-state index contributed by atoms with van der Waals surface area (Å²) in [5, 5.41) is 12.4. The molecule has 2 aliphatic rings. The third-order valence-corrected chi connectivity index (χ3v) is 3.13. The second-order valence-electron chi connectivity index (χ2n) is 4.86. The largest absolute Gasteiger partial charge is 0.393 e. The molecule has 7 heteroatoms. The van der Waals surface area contributed by atoms with Crippen LogP contribution in [-0.4, -0.2) is 48.2 Å². The molecule has 1 fully saturated rings. The van der Waals surface area contributed by atoms with Crippen LogP contribution in [0.1, 0.15) is 19.8 Å². The highest BCUT2D eigenvalue weighted by Crippen LogP contribution is 2.21.